The van der Waals surface area contributed by atoms with E-state index in [9.17, 15) is 12.8 Å². The molecule has 0 atom stereocenters. The molecule has 0 aliphatic heterocycles. The first-order valence-electron chi connectivity index (χ1n) is 11.5. The number of nitrogens with zero attached hydrogens (tertiary/aromatic N) is 3. The molecule has 0 bridgehead atoms. The first-order valence-corrected chi connectivity index (χ1v) is 13.6. The number of aromatic nitrogens is 3. The fraction of sp³-hybridized carbons (Fsp3) is 0.400. The third-order valence-electron chi connectivity index (χ3n) is 5.88. The summed E-state index contributed by atoms with van der Waals surface area (Å²) in [4.78, 5) is 12.9. The summed E-state index contributed by atoms with van der Waals surface area (Å²) in [5, 5.41) is 3.09. The van der Waals surface area contributed by atoms with Crippen LogP contribution in [0.1, 0.15) is 44.1 Å². The molecule has 1 saturated carbocycles. The summed E-state index contributed by atoms with van der Waals surface area (Å²) in [6.07, 6.45) is 9.83. The van der Waals surface area contributed by atoms with Crippen LogP contribution >= 0.6 is 0 Å². The van der Waals surface area contributed by atoms with E-state index in [-0.39, 0.29) is 11.6 Å². The molecule has 7 nitrogen and oxygen atoms in total. The van der Waals surface area contributed by atoms with Gasteiger partial charge in [-0.1, -0.05) is 44.2 Å². The SMILES string of the molecule is CS(=O)(=O)Cc1cccc(Nc2ncnc(-c3ccc(F)cc3OCCC3CCCCC3)n2)c1. The van der Waals surface area contributed by atoms with Gasteiger partial charge in [-0.3, -0.25) is 0 Å². The number of benzene rings is 2. The number of rotatable bonds is 9. The van der Waals surface area contributed by atoms with Crippen molar-refractivity contribution < 1.29 is 17.5 Å². The molecule has 9 heteroatoms. The van der Waals surface area contributed by atoms with E-state index in [0.29, 0.717) is 46.9 Å². The van der Waals surface area contributed by atoms with Gasteiger partial charge in [0, 0.05) is 18.0 Å². The van der Waals surface area contributed by atoms with E-state index >= 15 is 0 Å². The lowest BCUT2D eigenvalue weighted by molar-refractivity contribution is 0.246. The van der Waals surface area contributed by atoms with Gasteiger partial charge >= 0.3 is 0 Å². The molecule has 3 aromatic rings. The molecule has 4 rings (SSSR count). The summed E-state index contributed by atoms with van der Waals surface area (Å²) in [6.45, 7) is 0.518. The van der Waals surface area contributed by atoms with Crippen molar-refractivity contribution in [2.75, 3.05) is 18.2 Å². The third kappa shape index (κ3) is 6.96. The van der Waals surface area contributed by atoms with Gasteiger partial charge in [-0.15, -0.1) is 0 Å². The minimum atomic E-state index is -3.15. The van der Waals surface area contributed by atoms with Gasteiger partial charge in [0.2, 0.25) is 5.95 Å². The number of nitrogens with one attached hydrogen (secondary N) is 1. The largest absolute Gasteiger partial charge is 0.493 e. The topological polar surface area (TPSA) is 94.1 Å². The van der Waals surface area contributed by atoms with Gasteiger partial charge in [-0.05, 0) is 42.2 Å². The Morgan fingerprint density at radius 1 is 1.09 bits per heavy atom. The number of sulfone groups is 1. The molecule has 0 saturated heterocycles. The predicted octanol–water partition coefficient (Wildman–Crippen LogP) is 5.32. The Hall–Kier alpha value is -3.07. The maximum atomic E-state index is 14.0. The second-order valence-electron chi connectivity index (χ2n) is 8.81. The van der Waals surface area contributed by atoms with E-state index in [1.165, 1.54) is 56.8 Å². The predicted molar refractivity (Wildman–Crippen MR) is 130 cm³/mol. The van der Waals surface area contributed by atoms with E-state index in [0.717, 1.165) is 6.42 Å². The molecule has 1 heterocycles. The average Bonchev–Trinajstić information content (AvgIpc) is 2.79. The van der Waals surface area contributed by atoms with Crippen molar-refractivity contribution >= 4 is 21.5 Å². The van der Waals surface area contributed by atoms with Crippen LogP contribution in [0.5, 0.6) is 5.75 Å². The summed E-state index contributed by atoms with van der Waals surface area (Å²) in [5.41, 5.74) is 1.90. The lowest BCUT2D eigenvalue weighted by Crippen LogP contribution is -2.11. The lowest BCUT2D eigenvalue weighted by Gasteiger charge is -2.21. The second-order valence-corrected chi connectivity index (χ2v) is 10.9. The maximum absolute atomic E-state index is 14.0. The van der Waals surface area contributed by atoms with Crippen molar-refractivity contribution in [1.82, 2.24) is 15.0 Å². The molecule has 2 aromatic carbocycles. The van der Waals surface area contributed by atoms with Crippen molar-refractivity contribution in [3.63, 3.8) is 0 Å². The van der Waals surface area contributed by atoms with Crippen molar-refractivity contribution in [3.8, 4) is 17.1 Å². The number of halogens is 1. The first-order chi connectivity index (χ1) is 16.4. The van der Waals surface area contributed by atoms with E-state index in [1.54, 1.807) is 30.3 Å². The maximum Gasteiger partial charge on any atom is 0.230 e. The molecule has 1 aliphatic carbocycles. The van der Waals surface area contributed by atoms with Crippen LogP contribution in [-0.2, 0) is 15.6 Å². The Balaban J connectivity index is 1.49. The fourth-order valence-corrected chi connectivity index (χ4v) is 5.05. The van der Waals surface area contributed by atoms with E-state index in [4.69, 9.17) is 4.74 Å². The van der Waals surface area contributed by atoms with Crippen LogP contribution in [0, 0.1) is 11.7 Å². The molecular weight excluding hydrogens is 455 g/mol. The van der Waals surface area contributed by atoms with Gasteiger partial charge in [-0.25, -0.2) is 22.8 Å². The number of ether oxygens (including phenoxy) is 1. The highest BCUT2D eigenvalue weighted by atomic mass is 32.2. The summed E-state index contributed by atoms with van der Waals surface area (Å²) in [6, 6.07) is 11.4. The van der Waals surface area contributed by atoms with Gasteiger partial charge < -0.3 is 10.1 Å². The van der Waals surface area contributed by atoms with Gasteiger partial charge in [0.25, 0.3) is 0 Å². The van der Waals surface area contributed by atoms with Crippen LogP contribution in [0.2, 0.25) is 0 Å². The average molecular weight is 485 g/mol. The van der Waals surface area contributed by atoms with Gasteiger partial charge in [-0.2, -0.15) is 4.98 Å². The van der Waals surface area contributed by atoms with Crippen molar-refractivity contribution in [2.45, 2.75) is 44.3 Å². The Kier molecular flexibility index (Phi) is 7.72. The zero-order chi connectivity index (χ0) is 24.0. The fourth-order valence-electron chi connectivity index (χ4n) is 4.27. The van der Waals surface area contributed by atoms with Gasteiger partial charge in [0.1, 0.15) is 17.9 Å². The summed E-state index contributed by atoms with van der Waals surface area (Å²) in [5.74, 6) is 1.28. The van der Waals surface area contributed by atoms with Gasteiger partial charge in [0.15, 0.2) is 15.7 Å². The number of hydrogen-bond donors (Lipinski definition) is 1. The summed E-state index contributed by atoms with van der Waals surface area (Å²) < 4.78 is 43.2. The van der Waals surface area contributed by atoms with Crippen molar-refractivity contribution in [3.05, 3.63) is 60.2 Å². The van der Waals surface area contributed by atoms with E-state index in [2.05, 4.69) is 20.3 Å². The number of anilines is 2. The molecule has 34 heavy (non-hydrogen) atoms. The lowest BCUT2D eigenvalue weighted by atomic mass is 9.87. The Bertz CT molecular complexity index is 1230. The van der Waals surface area contributed by atoms with Crippen LogP contribution < -0.4 is 10.1 Å². The smallest absolute Gasteiger partial charge is 0.230 e. The van der Waals surface area contributed by atoms with Crippen LogP contribution in [0.15, 0.2) is 48.8 Å². The Morgan fingerprint density at radius 2 is 1.91 bits per heavy atom. The molecule has 1 N–H and O–H groups in total. The highest BCUT2D eigenvalue weighted by Crippen LogP contribution is 2.31. The molecule has 180 valence electrons. The van der Waals surface area contributed by atoms with E-state index < -0.39 is 9.84 Å². The van der Waals surface area contributed by atoms with Crippen molar-refractivity contribution in [1.29, 1.82) is 0 Å². The quantitative estimate of drug-likeness (QED) is 0.439. The van der Waals surface area contributed by atoms with Crippen LogP contribution in [-0.4, -0.2) is 36.2 Å². The molecule has 1 aromatic heterocycles. The molecule has 0 unspecified atom stereocenters. The van der Waals surface area contributed by atoms with Crippen LogP contribution in [0.25, 0.3) is 11.4 Å². The molecule has 1 fully saturated rings. The molecule has 0 radical (unpaired) electrons. The minimum absolute atomic E-state index is 0.0535. The zero-order valence-corrected chi connectivity index (χ0v) is 20.0. The summed E-state index contributed by atoms with van der Waals surface area (Å²) >= 11 is 0. The highest BCUT2D eigenvalue weighted by molar-refractivity contribution is 7.89. The second kappa shape index (κ2) is 10.9. The van der Waals surface area contributed by atoms with Crippen LogP contribution in [0.4, 0.5) is 16.0 Å². The Labute approximate surface area is 199 Å². The minimum Gasteiger partial charge on any atom is -0.493 e. The first kappa shape index (κ1) is 24.1. The molecule has 0 spiro atoms. The van der Waals surface area contributed by atoms with Crippen LogP contribution in [0.3, 0.4) is 0 Å². The third-order valence-corrected chi connectivity index (χ3v) is 6.73. The highest BCUT2D eigenvalue weighted by Gasteiger charge is 2.16. The molecule has 1 aliphatic rings. The normalized spacial score (nSPS) is 14.6. The van der Waals surface area contributed by atoms with Crippen molar-refractivity contribution in [2.24, 2.45) is 5.92 Å². The number of hydrogen-bond acceptors (Lipinski definition) is 7. The van der Waals surface area contributed by atoms with Gasteiger partial charge in [0.05, 0.1) is 17.9 Å². The Morgan fingerprint density at radius 3 is 2.71 bits per heavy atom. The molecular formula is C25H29FN4O3S. The standard InChI is InChI=1S/C25H29FN4O3S/c1-34(31,32)16-19-8-5-9-21(14-19)29-25-28-17-27-24(30-25)22-11-10-20(26)15-23(22)33-13-12-18-6-3-2-4-7-18/h5,8-11,14-15,17-18H,2-4,6-7,12-13,16H2,1H3,(H,27,28,29,30). The monoisotopic (exact) mass is 484 g/mol. The molecule has 0 amide bonds. The zero-order valence-electron chi connectivity index (χ0n) is 19.2. The summed E-state index contributed by atoms with van der Waals surface area (Å²) in [7, 11) is -3.15. The van der Waals surface area contributed by atoms with E-state index in [1.807, 2.05) is 0 Å².